The lowest BCUT2D eigenvalue weighted by molar-refractivity contribution is 0.199. The van der Waals surface area contributed by atoms with Crippen molar-refractivity contribution >= 4 is 12.6 Å². The zero-order chi connectivity index (χ0) is 9.84. The van der Waals surface area contributed by atoms with Crippen molar-refractivity contribution in [3.8, 4) is 0 Å². The SMILES string of the molecule is CC(O)c1cccc([C]=O)c1[C]=O. The minimum atomic E-state index is -0.787. The van der Waals surface area contributed by atoms with E-state index in [9.17, 15) is 14.7 Å². The van der Waals surface area contributed by atoms with Gasteiger partial charge in [0.25, 0.3) is 0 Å². The van der Waals surface area contributed by atoms with Crippen LogP contribution in [0.25, 0.3) is 0 Å². The van der Waals surface area contributed by atoms with Gasteiger partial charge in [-0.3, -0.25) is 9.59 Å². The normalized spacial score (nSPS) is 12.2. The highest BCUT2D eigenvalue weighted by Crippen LogP contribution is 2.18. The van der Waals surface area contributed by atoms with Crippen LogP contribution in [0.15, 0.2) is 18.2 Å². The minimum absolute atomic E-state index is 0.0903. The Balaban J connectivity index is 3.35. The van der Waals surface area contributed by atoms with Crippen molar-refractivity contribution in [2.75, 3.05) is 0 Å². The van der Waals surface area contributed by atoms with Gasteiger partial charge in [0.15, 0.2) is 0 Å². The summed E-state index contributed by atoms with van der Waals surface area (Å²) >= 11 is 0. The lowest BCUT2D eigenvalue weighted by Crippen LogP contribution is -2.01. The largest absolute Gasteiger partial charge is 0.389 e. The van der Waals surface area contributed by atoms with Crippen molar-refractivity contribution < 1.29 is 14.7 Å². The average Bonchev–Trinajstić information content (AvgIpc) is 2.16. The molecule has 0 aliphatic heterocycles. The van der Waals surface area contributed by atoms with Crippen LogP contribution in [0.4, 0.5) is 0 Å². The van der Waals surface area contributed by atoms with Gasteiger partial charge in [0, 0.05) is 11.1 Å². The standard InChI is InChI=1S/C10H8O3/c1-7(13)9-4-2-3-8(5-11)10(9)6-12/h2-4,7,13H,1H3. The third kappa shape index (κ3) is 1.81. The first-order valence-electron chi connectivity index (χ1n) is 3.78. The Morgan fingerprint density at radius 2 is 2.00 bits per heavy atom. The Hall–Kier alpha value is -1.48. The van der Waals surface area contributed by atoms with Crippen LogP contribution in [0.3, 0.4) is 0 Å². The van der Waals surface area contributed by atoms with Gasteiger partial charge in [-0.25, -0.2) is 0 Å². The summed E-state index contributed by atoms with van der Waals surface area (Å²) in [6.07, 6.45) is 2.45. The summed E-state index contributed by atoms with van der Waals surface area (Å²) in [5, 5.41) is 9.25. The second-order valence-corrected chi connectivity index (χ2v) is 2.65. The Bertz CT molecular complexity index is 329. The molecule has 1 rings (SSSR count). The van der Waals surface area contributed by atoms with Crippen LogP contribution in [-0.4, -0.2) is 17.7 Å². The van der Waals surface area contributed by atoms with E-state index in [2.05, 4.69) is 0 Å². The quantitative estimate of drug-likeness (QED) is 0.735. The molecule has 0 saturated carbocycles. The predicted molar refractivity (Wildman–Crippen MR) is 46.7 cm³/mol. The first kappa shape index (κ1) is 9.61. The van der Waals surface area contributed by atoms with Crippen LogP contribution in [-0.2, 0) is 9.59 Å². The van der Waals surface area contributed by atoms with E-state index >= 15 is 0 Å². The van der Waals surface area contributed by atoms with E-state index in [4.69, 9.17) is 0 Å². The van der Waals surface area contributed by atoms with Gasteiger partial charge in [0.2, 0.25) is 12.6 Å². The Morgan fingerprint density at radius 1 is 1.31 bits per heavy atom. The van der Waals surface area contributed by atoms with Gasteiger partial charge in [0.05, 0.1) is 6.10 Å². The molecular weight excluding hydrogens is 168 g/mol. The molecule has 1 atom stereocenters. The maximum absolute atomic E-state index is 10.5. The fourth-order valence-corrected chi connectivity index (χ4v) is 1.12. The van der Waals surface area contributed by atoms with Gasteiger partial charge < -0.3 is 5.11 Å². The van der Waals surface area contributed by atoms with Gasteiger partial charge in [-0.15, -0.1) is 0 Å². The second-order valence-electron chi connectivity index (χ2n) is 2.65. The van der Waals surface area contributed by atoms with Crippen LogP contribution in [0.1, 0.15) is 29.7 Å². The number of aliphatic hydroxyl groups is 1. The van der Waals surface area contributed by atoms with E-state index in [1.54, 1.807) is 24.7 Å². The topological polar surface area (TPSA) is 54.4 Å². The summed E-state index contributed by atoms with van der Waals surface area (Å²) in [5.74, 6) is 0. The third-order valence-corrected chi connectivity index (χ3v) is 1.76. The molecule has 0 aliphatic carbocycles. The summed E-state index contributed by atoms with van der Waals surface area (Å²) in [5.41, 5.74) is 0.622. The number of rotatable bonds is 3. The van der Waals surface area contributed by atoms with Gasteiger partial charge in [0.1, 0.15) is 0 Å². The molecule has 0 amide bonds. The molecule has 1 aromatic carbocycles. The van der Waals surface area contributed by atoms with E-state index < -0.39 is 6.10 Å². The van der Waals surface area contributed by atoms with Gasteiger partial charge in [-0.2, -0.15) is 0 Å². The van der Waals surface area contributed by atoms with Crippen molar-refractivity contribution in [2.24, 2.45) is 0 Å². The number of benzene rings is 1. The zero-order valence-electron chi connectivity index (χ0n) is 7.07. The van der Waals surface area contributed by atoms with Crippen LogP contribution < -0.4 is 0 Å². The van der Waals surface area contributed by atoms with Crippen molar-refractivity contribution in [3.63, 3.8) is 0 Å². The Kier molecular flexibility index (Phi) is 2.93. The monoisotopic (exact) mass is 176 g/mol. The molecule has 0 saturated heterocycles. The van der Waals surface area contributed by atoms with E-state index in [0.717, 1.165) is 0 Å². The first-order valence-corrected chi connectivity index (χ1v) is 3.78. The fourth-order valence-electron chi connectivity index (χ4n) is 1.12. The molecule has 66 valence electrons. The van der Waals surface area contributed by atoms with Crippen LogP contribution in [0.5, 0.6) is 0 Å². The van der Waals surface area contributed by atoms with Gasteiger partial charge >= 0.3 is 0 Å². The zero-order valence-corrected chi connectivity index (χ0v) is 7.07. The molecule has 0 bridgehead atoms. The molecule has 0 spiro atoms. The Labute approximate surface area is 76.0 Å². The van der Waals surface area contributed by atoms with Crippen LogP contribution in [0, 0.1) is 0 Å². The van der Waals surface area contributed by atoms with Crippen LogP contribution >= 0.6 is 0 Å². The maximum atomic E-state index is 10.5. The van der Waals surface area contributed by atoms with E-state index in [0.29, 0.717) is 5.56 Å². The molecule has 0 heterocycles. The number of hydrogen-bond donors (Lipinski definition) is 1. The van der Waals surface area contributed by atoms with Crippen molar-refractivity contribution in [2.45, 2.75) is 13.0 Å². The second kappa shape index (κ2) is 3.96. The van der Waals surface area contributed by atoms with Crippen molar-refractivity contribution in [3.05, 3.63) is 34.9 Å². The molecule has 1 aromatic rings. The smallest absolute Gasteiger partial charge is 0.234 e. The third-order valence-electron chi connectivity index (χ3n) is 1.76. The highest BCUT2D eigenvalue weighted by atomic mass is 16.3. The van der Waals surface area contributed by atoms with Gasteiger partial charge in [-0.1, -0.05) is 18.2 Å². The molecule has 1 unspecified atom stereocenters. The predicted octanol–water partition coefficient (Wildman–Crippen LogP) is 0.655. The molecule has 2 radical (unpaired) electrons. The van der Waals surface area contributed by atoms with E-state index in [-0.39, 0.29) is 11.1 Å². The number of hydrogen-bond acceptors (Lipinski definition) is 3. The molecule has 3 nitrogen and oxygen atoms in total. The Morgan fingerprint density at radius 3 is 2.46 bits per heavy atom. The molecule has 0 aliphatic rings. The summed E-state index contributed by atoms with van der Waals surface area (Å²) in [6, 6.07) is 4.62. The molecular formula is C10H8O3. The molecule has 1 N–H and O–H groups in total. The molecule has 0 fully saturated rings. The van der Waals surface area contributed by atoms with Crippen LogP contribution in [0.2, 0.25) is 0 Å². The summed E-state index contributed by atoms with van der Waals surface area (Å²) in [6.45, 7) is 1.52. The summed E-state index contributed by atoms with van der Waals surface area (Å²) < 4.78 is 0. The lowest BCUT2D eigenvalue weighted by atomic mass is 9.99. The lowest BCUT2D eigenvalue weighted by Gasteiger charge is -2.07. The van der Waals surface area contributed by atoms with Crippen molar-refractivity contribution in [1.82, 2.24) is 0 Å². The minimum Gasteiger partial charge on any atom is -0.389 e. The summed E-state index contributed by atoms with van der Waals surface area (Å²) in [4.78, 5) is 20.9. The molecule has 13 heavy (non-hydrogen) atoms. The molecule has 3 heteroatoms. The highest BCUT2D eigenvalue weighted by Gasteiger charge is 2.11. The van der Waals surface area contributed by atoms with Crippen molar-refractivity contribution in [1.29, 1.82) is 0 Å². The number of aliphatic hydroxyl groups excluding tert-OH is 1. The molecule has 0 aromatic heterocycles. The van der Waals surface area contributed by atoms with E-state index in [1.165, 1.54) is 13.0 Å². The first-order chi connectivity index (χ1) is 6.20. The average molecular weight is 176 g/mol. The van der Waals surface area contributed by atoms with Gasteiger partial charge in [-0.05, 0) is 12.5 Å². The van der Waals surface area contributed by atoms with E-state index in [1.807, 2.05) is 0 Å². The fraction of sp³-hybridized carbons (Fsp3) is 0.200. The maximum Gasteiger partial charge on any atom is 0.234 e. The summed E-state index contributed by atoms with van der Waals surface area (Å²) in [7, 11) is 0. The highest BCUT2D eigenvalue weighted by molar-refractivity contribution is 5.92. The number of carbonyl (C=O) groups excluding carboxylic acids is 2.